The predicted molar refractivity (Wildman–Crippen MR) is 80.3 cm³/mol. The Hall–Kier alpha value is -1.40. The molecule has 3 nitrogen and oxygen atoms in total. The number of hydrogen-bond acceptors (Lipinski definition) is 3. The van der Waals surface area contributed by atoms with Crippen LogP contribution in [0.3, 0.4) is 0 Å². The molecule has 1 amide bonds. The predicted octanol–water partition coefficient (Wildman–Crippen LogP) is 4.10. The number of hydrogen-bond donors (Lipinski definition) is 2. The Morgan fingerprint density at radius 1 is 1.37 bits per heavy atom. The van der Waals surface area contributed by atoms with Gasteiger partial charge in [-0.3, -0.25) is 4.79 Å². The molecule has 1 heterocycles. The molecule has 0 spiro atoms. The van der Waals surface area contributed by atoms with Crippen molar-refractivity contribution in [2.24, 2.45) is 0 Å². The molecular weight excluding hydrogens is 331 g/mol. The Kier molecular flexibility index (Phi) is 3.91. The number of anilines is 2. The van der Waals surface area contributed by atoms with Crippen molar-refractivity contribution in [1.82, 2.24) is 0 Å². The average Bonchev–Trinajstić information content (AvgIpc) is 2.67. The number of halogens is 2. The number of rotatable bonds is 2. The van der Waals surface area contributed by atoms with Crippen LogP contribution in [-0.2, 0) is 0 Å². The quantitative estimate of drug-likeness (QED) is 0.863. The van der Waals surface area contributed by atoms with E-state index in [4.69, 9.17) is 5.73 Å². The third-order valence-corrected chi connectivity index (χ3v) is 4.37. The van der Waals surface area contributed by atoms with Crippen LogP contribution < -0.4 is 11.1 Å². The van der Waals surface area contributed by atoms with Crippen LogP contribution in [0, 0.1) is 19.7 Å². The highest BCUT2D eigenvalue weighted by molar-refractivity contribution is 9.10. The summed E-state index contributed by atoms with van der Waals surface area (Å²) in [6.07, 6.45) is 0. The molecule has 0 aliphatic carbocycles. The highest BCUT2D eigenvalue weighted by Crippen LogP contribution is 2.27. The van der Waals surface area contributed by atoms with Crippen molar-refractivity contribution in [3.05, 3.63) is 43.8 Å². The molecule has 19 heavy (non-hydrogen) atoms. The van der Waals surface area contributed by atoms with Gasteiger partial charge in [0.2, 0.25) is 0 Å². The van der Waals surface area contributed by atoms with Crippen LogP contribution in [0.2, 0.25) is 0 Å². The smallest absolute Gasteiger partial charge is 0.265 e. The fourth-order valence-corrected chi connectivity index (χ4v) is 2.87. The van der Waals surface area contributed by atoms with Gasteiger partial charge in [-0.1, -0.05) is 0 Å². The summed E-state index contributed by atoms with van der Waals surface area (Å²) in [5.41, 5.74) is 7.54. The molecule has 0 saturated heterocycles. The first-order chi connectivity index (χ1) is 8.88. The summed E-state index contributed by atoms with van der Waals surface area (Å²) in [5.74, 6) is -0.697. The number of carbonyl (C=O) groups is 1. The molecule has 100 valence electrons. The third-order valence-electron chi connectivity index (χ3n) is 2.70. The van der Waals surface area contributed by atoms with E-state index in [1.807, 2.05) is 6.92 Å². The molecule has 0 atom stereocenters. The summed E-state index contributed by atoms with van der Waals surface area (Å²) in [4.78, 5) is 13.4. The van der Waals surface area contributed by atoms with Gasteiger partial charge < -0.3 is 11.1 Å². The molecule has 0 aliphatic heterocycles. The molecular formula is C13H12BrFN2OS. The number of benzene rings is 1. The van der Waals surface area contributed by atoms with Crippen LogP contribution in [-0.4, -0.2) is 5.91 Å². The second kappa shape index (κ2) is 5.30. The molecule has 0 radical (unpaired) electrons. The fourth-order valence-electron chi connectivity index (χ4n) is 1.57. The average molecular weight is 343 g/mol. The minimum Gasteiger partial charge on any atom is -0.398 e. The van der Waals surface area contributed by atoms with Crippen molar-refractivity contribution in [3.63, 3.8) is 0 Å². The Labute approximate surface area is 122 Å². The van der Waals surface area contributed by atoms with Crippen LogP contribution in [0.4, 0.5) is 15.8 Å². The van der Waals surface area contributed by atoms with E-state index in [2.05, 4.69) is 21.2 Å². The van der Waals surface area contributed by atoms with Crippen LogP contribution in [0.1, 0.15) is 20.1 Å². The molecule has 0 saturated carbocycles. The first-order valence-corrected chi connectivity index (χ1v) is 7.12. The van der Waals surface area contributed by atoms with E-state index in [0.29, 0.717) is 20.7 Å². The molecule has 2 aromatic rings. The Bertz CT molecular complexity index is 635. The molecule has 0 aliphatic rings. The normalized spacial score (nSPS) is 10.5. The van der Waals surface area contributed by atoms with Gasteiger partial charge in [0, 0.05) is 16.3 Å². The lowest BCUT2D eigenvalue weighted by atomic mass is 10.2. The van der Waals surface area contributed by atoms with Crippen molar-refractivity contribution in [1.29, 1.82) is 0 Å². The summed E-state index contributed by atoms with van der Waals surface area (Å²) >= 11 is 4.42. The standard InChI is InChI=1S/C13H12BrFN2OS/c1-6-3-8(14)9(15)4-11(6)17-13(18)12-5-10(16)7(2)19-12/h3-5H,16H2,1-2H3,(H,17,18). The third kappa shape index (κ3) is 2.96. The van der Waals surface area contributed by atoms with Gasteiger partial charge in [0.05, 0.1) is 9.35 Å². The van der Waals surface area contributed by atoms with E-state index < -0.39 is 5.82 Å². The molecule has 2 rings (SSSR count). The number of nitrogens with one attached hydrogen (secondary N) is 1. The van der Waals surface area contributed by atoms with Crippen LogP contribution >= 0.6 is 27.3 Å². The highest BCUT2D eigenvalue weighted by atomic mass is 79.9. The molecule has 0 unspecified atom stereocenters. The van der Waals surface area contributed by atoms with Crippen molar-refractivity contribution in [2.75, 3.05) is 11.1 Å². The summed E-state index contributed by atoms with van der Waals surface area (Å²) < 4.78 is 13.8. The largest absolute Gasteiger partial charge is 0.398 e. The summed E-state index contributed by atoms with van der Waals surface area (Å²) in [6.45, 7) is 3.65. The zero-order valence-corrected chi connectivity index (χ0v) is 12.8. The van der Waals surface area contributed by atoms with Crippen molar-refractivity contribution < 1.29 is 9.18 Å². The zero-order chi connectivity index (χ0) is 14.2. The summed E-state index contributed by atoms with van der Waals surface area (Å²) in [5, 5.41) is 2.69. The number of carbonyl (C=O) groups excluding carboxylic acids is 1. The number of amides is 1. The van der Waals surface area contributed by atoms with Crippen molar-refractivity contribution in [2.45, 2.75) is 13.8 Å². The van der Waals surface area contributed by atoms with Crippen molar-refractivity contribution >= 4 is 44.5 Å². The minimum atomic E-state index is -0.414. The highest BCUT2D eigenvalue weighted by Gasteiger charge is 2.13. The van der Waals surface area contributed by atoms with Gasteiger partial charge in [0.25, 0.3) is 5.91 Å². The van der Waals surface area contributed by atoms with Gasteiger partial charge in [-0.25, -0.2) is 4.39 Å². The lowest BCUT2D eigenvalue weighted by Gasteiger charge is -2.08. The molecule has 0 fully saturated rings. The molecule has 1 aromatic heterocycles. The zero-order valence-electron chi connectivity index (χ0n) is 10.4. The summed E-state index contributed by atoms with van der Waals surface area (Å²) in [7, 11) is 0. The molecule has 0 bridgehead atoms. The first-order valence-electron chi connectivity index (χ1n) is 5.51. The fraction of sp³-hybridized carbons (Fsp3) is 0.154. The minimum absolute atomic E-state index is 0.283. The molecule has 6 heteroatoms. The van der Waals surface area contributed by atoms with E-state index >= 15 is 0 Å². The maximum atomic E-state index is 13.5. The maximum absolute atomic E-state index is 13.5. The van der Waals surface area contributed by atoms with E-state index in [0.717, 1.165) is 10.4 Å². The van der Waals surface area contributed by atoms with E-state index in [-0.39, 0.29) is 5.91 Å². The number of nitrogen functional groups attached to an aromatic ring is 1. The van der Waals surface area contributed by atoms with Gasteiger partial charge in [0.15, 0.2) is 0 Å². The van der Waals surface area contributed by atoms with Gasteiger partial charge >= 0.3 is 0 Å². The van der Waals surface area contributed by atoms with Crippen LogP contribution in [0.25, 0.3) is 0 Å². The first kappa shape index (κ1) is 14.0. The van der Waals surface area contributed by atoms with Gasteiger partial charge in [0.1, 0.15) is 5.82 Å². The second-order valence-corrected chi connectivity index (χ2v) is 6.27. The number of thiophene rings is 1. The monoisotopic (exact) mass is 342 g/mol. The Morgan fingerprint density at radius 2 is 2.05 bits per heavy atom. The molecule has 1 aromatic carbocycles. The topological polar surface area (TPSA) is 55.1 Å². The van der Waals surface area contributed by atoms with Crippen molar-refractivity contribution in [3.8, 4) is 0 Å². The summed E-state index contributed by atoms with van der Waals surface area (Å²) in [6, 6.07) is 4.54. The van der Waals surface area contributed by atoms with E-state index in [1.165, 1.54) is 17.4 Å². The Morgan fingerprint density at radius 3 is 2.63 bits per heavy atom. The Balaban J connectivity index is 2.26. The van der Waals surface area contributed by atoms with Crippen LogP contribution in [0.15, 0.2) is 22.7 Å². The van der Waals surface area contributed by atoms with E-state index in [9.17, 15) is 9.18 Å². The van der Waals surface area contributed by atoms with Gasteiger partial charge in [-0.15, -0.1) is 11.3 Å². The van der Waals surface area contributed by atoms with E-state index in [1.54, 1.807) is 19.1 Å². The van der Waals surface area contributed by atoms with Gasteiger partial charge in [-0.2, -0.15) is 0 Å². The van der Waals surface area contributed by atoms with Crippen LogP contribution in [0.5, 0.6) is 0 Å². The lowest BCUT2D eigenvalue weighted by molar-refractivity contribution is 0.103. The lowest BCUT2D eigenvalue weighted by Crippen LogP contribution is -2.11. The maximum Gasteiger partial charge on any atom is 0.265 e. The molecule has 3 N–H and O–H groups in total. The SMILES string of the molecule is Cc1cc(Br)c(F)cc1NC(=O)c1cc(N)c(C)s1. The van der Waals surface area contributed by atoms with Gasteiger partial charge in [-0.05, 0) is 53.5 Å². The number of nitrogens with two attached hydrogens (primary N) is 1. The number of aryl methyl sites for hydroxylation is 2. The second-order valence-electron chi connectivity index (χ2n) is 4.16.